The van der Waals surface area contributed by atoms with Crippen LogP contribution in [0, 0.1) is 11.3 Å². The van der Waals surface area contributed by atoms with Crippen LogP contribution in [-0.4, -0.2) is 27.6 Å². The number of hydrogen-bond donors (Lipinski definition) is 0. The highest BCUT2D eigenvalue weighted by atomic mass is 79.9. The number of fused-ring (bicyclic) bond motifs is 1. The van der Waals surface area contributed by atoms with E-state index in [2.05, 4.69) is 26.0 Å². The number of rotatable bonds is 2. The molecule has 0 aliphatic rings. The number of anilines is 1. The van der Waals surface area contributed by atoms with Gasteiger partial charge in [0.1, 0.15) is 11.9 Å². The standard InChI is InChI=1S/C15H10BrN5O/c1-20(14-3-2-10(7-17)8-18-14)15(22)11-4-5-21-13(6-11)12(16)9-19-21/h2-6,8-9H,1H3. The Balaban J connectivity index is 1.93. The maximum atomic E-state index is 12.6. The highest BCUT2D eigenvalue weighted by molar-refractivity contribution is 9.10. The Bertz CT molecular complexity index is 894. The zero-order valence-corrected chi connectivity index (χ0v) is 13.1. The van der Waals surface area contributed by atoms with Gasteiger partial charge >= 0.3 is 0 Å². The fraction of sp³-hybridized carbons (Fsp3) is 0.0667. The Kier molecular flexibility index (Phi) is 3.61. The van der Waals surface area contributed by atoms with Gasteiger partial charge < -0.3 is 0 Å². The van der Waals surface area contributed by atoms with Gasteiger partial charge in [-0.2, -0.15) is 10.4 Å². The second-order valence-corrected chi connectivity index (χ2v) is 5.47. The number of aromatic nitrogens is 3. The lowest BCUT2D eigenvalue weighted by Crippen LogP contribution is -2.27. The van der Waals surface area contributed by atoms with Crippen molar-refractivity contribution in [3.8, 4) is 6.07 Å². The summed E-state index contributed by atoms with van der Waals surface area (Å²) >= 11 is 3.40. The summed E-state index contributed by atoms with van der Waals surface area (Å²) in [6, 6.07) is 8.73. The number of carbonyl (C=O) groups excluding carboxylic acids is 1. The van der Waals surface area contributed by atoms with Gasteiger partial charge in [-0.3, -0.25) is 9.69 Å². The summed E-state index contributed by atoms with van der Waals surface area (Å²) in [5.74, 6) is 0.296. The molecule has 3 aromatic heterocycles. The van der Waals surface area contributed by atoms with E-state index >= 15 is 0 Å². The van der Waals surface area contributed by atoms with Crippen LogP contribution in [0.15, 0.2) is 47.3 Å². The quantitative estimate of drug-likeness (QED) is 0.708. The van der Waals surface area contributed by atoms with E-state index < -0.39 is 0 Å². The van der Waals surface area contributed by atoms with Gasteiger partial charge in [0.25, 0.3) is 5.91 Å². The lowest BCUT2D eigenvalue weighted by Gasteiger charge is -2.16. The first-order chi connectivity index (χ1) is 10.6. The Hall–Kier alpha value is -2.72. The average Bonchev–Trinajstić information content (AvgIpc) is 2.94. The van der Waals surface area contributed by atoms with Crippen LogP contribution in [0.2, 0.25) is 0 Å². The molecule has 0 bridgehead atoms. The van der Waals surface area contributed by atoms with Crippen LogP contribution >= 0.6 is 15.9 Å². The number of pyridine rings is 2. The highest BCUT2D eigenvalue weighted by Crippen LogP contribution is 2.20. The summed E-state index contributed by atoms with van der Waals surface area (Å²) in [5, 5.41) is 12.9. The molecule has 0 saturated heterocycles. The number of halogens is 1. The molecule has 0 radical (unpaired) electrons. The van der Waals surface area contributed by atoms with Crippen LogP contribution in [0.5, 0.6) is 0 Å². The largest absolute Gasteiger partial charge is 0.296 e. The fourth-order valence-electron chi connectivity index (χ4n) is 2.03. The highest BCUT2D eigenvalue weighted by Gasteiger charge is 2.16. The minimum absolute atomic E-state index is 0.187. The number of amides is 1. The van der Waals surface area contributed by atoms with E-state index in [1.165, 1.54) is 11.1 Å². The minimum atomic E-state index is -0.187. The van der Waals surface area contributed by atoms with E-state index in [9.17, 15) is 4.79 Å². The van der Waals surface area contributed by atoms with E-state index in [0.717, 1.165) is 9.99 Å². The van der Waals surface area contributed by atoms with Crippen LogP contribution < -0.4 is 4.90 Å². The fourth-order valence-corrected chi connectivity index (χ4v) is 2.42. The van der Waals surface area contributed by atoms with Crippen LogP contribution in [-0.2, 0) is 0 Å². The molecule has 0 aromatic carbocycles. The molecule has 0 fully saturated rings. The van der Waals surface area contributed by atoms with Crippen molar-refractivity contribution in [1.82, 2.24) is 14.6 Å². The average molecular weight is 356 g/mol. The van der Waals surface area contributed by atoms with Gasteiger partial charge in [0.05, 0.1) is 21.7 Å². The van der Waals surface area contributed by atoms with Crippen LogP contribution in [0.25, 0.3) is 5.52 Å². The van der Waals surface area contributed by atoms with Crippen molar-refractivity contribution >= 4 is 33.2 Å². The van der Waals surface area contributed by atoms with E-state index in [4.69, 9.17) is 5.26 Å². The smallest absolute Gasteiger partial charge is 0.259 e. The van der Waals surface area contributed by atoms with Gasteiger partial charge in [0.2, 0.25) is 0 Å². The number of nitriles is 1. The molecule has 0 unspecified atom stereocenters. The van der Waals surface area contributed by atoms with Gasteiger partial charge in [0.15, 0.2) is 0 Å². The predicted molar refractivity (Wildman–Crippen MR) is 84.6 cm³/mol. The second-order valence-electron chi connectivity index (χ2n) is 4.62. The van der Waals surface area contributed by atoms with E-state index in [1.54, 1.807) is 48.2 Å². The van der Waals surface area contributed by atoms with Crippen molar-refractivity contribution < 1.29 is 4.79 Å². The summed E-state index contributed by atoms with van der Waals surface area (Å²) in [5.41, 5.74) is 1.80. The molecule has 7 heteroatoms. The summed E-state index contributed by atoms with van der Waals surface area (Å²) in [4.78, 5) is 18.1. The molecular formula is C15H10BrN5O. The topological polar surface area (TPSA) is 74.3 Å². The van der Waals surface area contributed by atoms with Gasteiger partial charge in [-0.15, -0.1) is 0 Å². The first-order valence-electron chi connectivity index (χ1n) is 6.37. The molecule has 0 atom stereocenters. The molecular weight excluding hydrogens is 346 g/mol. The molecule has 0 spiro atoms. The normalized spacial score (nSPS) is 10.4. The maximum absolute atomic E-state index is 12.6. The Labute approximate surface area is 134 Å². The number of carbonyl (C=O) groups is 1. The zero-order chi connectivity index (χ0) is 15.7. The number of hydrogen-bond acceptors (Lipinski definition) is 4. The predicted octanol–water partition coefficient (Wildman–Crippen LogP) is 2.64. The third kappa shape index (κ3) is 2.44. The molecule has 1 amide bonds. The summed E-state index contributed by atoms with van der Waals surface area (Å²) in [7, 11) is 1.65. The zero-order valence-electron chi connectivity index (χ0n) is 11.6. The van der Waals surface area contributed by atoms with Gasteiger partial charge in [0, 0.05) is 25.0 Å². The van der Waals surface area contributed by atoms with E-state index in [1.807, 2.05) is 6.07 Å². The van der Waals surface area contributed by atoms with Gasteiger partial charge in [-0.1, -0.05) is 0 Å². The molecule has 3 rings (SSSR count). The van der Waals surface area contributed by atoms with Gasteiger partial charge in [-0.05, 0) is 40.2 Å². The number of nitrogens with zero attached hydrogens (tertiary/aromatic N) is 5. The Morgan fingerprint density at radius 2 is 2.18 bits per heavy atom. The van der Waals surface area contributed by atoms with Crippen LogP contribution in [0.4, 0.5) is 5.82 Å². The first kappa shape index (κ1) is 14.2. The summed E-state index contributed by atoms with van der Waals surface area (Å²) in [6.07, 6.45) is 4.85. The van der Waals surface area contributed by atoms with Crippen molar-refractivity contribution in [3.05, 3.63) is 58.5 Å². The lowest BCUT2D eigenvalue weighted by molar-refractivity contribution is 0.0992. The summed E-state index contributed by atoms with van der Waals surface area (Å²) < 4.78 is 2.50. The second kappa shape index (κ2) is 5.58. The SMILES string of the molecule is CN(C(=O)c1ccn2ncc(Br)c2c1)c1ccc(C#N)cn1. The summed E-state index contributed by atoms with van der Waals surface area (Å²) in [6.45, 7) is 0. The van der Waals surface area contributed by atoms with Crippen molar-refractivity contribution in [2.75, 3.05) is 11.9 Å². The van der Waals surface area contributed by atoms with Crippen molar-refractivity contribution in [2.24, 2.45) is 0 Å². The maximum Gasteiger partial charge on any atom is 0.259 e. The third-order valence-corrected chi connectivity index (χ3v) is 3.86. The molecule has 0 N–H and O–H groups in total. The van der Waals surface area contributed by atoms with Gasteiger partial charge in [-0.25, -0.2) is 9.50 Å². The third-order valence-electron chi connectivity index (χ3n) is 3.25. The molecule has 3 heterocycles. The molecule has 108 valence electrons. The molecule has 6 nitrogen and oxygen atoms in total. The lowest BCUT2D eigenvalue weighted by atomic mass is 10.2. The van der Waals surface area contributed by atoms with Crippen LogP contribution in [0.3, 0.4) is 0 Å². The molecule has 3 aromatic rings. The molecule has 0 saturated carbocycles. The van der Waals surface area contributed by atoms with E-state index in [-0.39, 0.29) is 5.91 Å². The molecule has 0 aliphatic heterocycles. The van der Waals surface area contributed by atoms with Crippen molar-refractivity contribution in [3.63, 3.8) is 0 Å². The Morgan fingerprint density at radius 1 is 1.36 bits per heavy atom. The van der Waals surface area contributed by atoms with E-state index in [0.29, 0.717) is 16.9 Å². The minimum Gasteiger partial charge on any atom is -0.296 e. The Morgan fingerprint density at radius 3 is 2.86 bits per heavy atom. The van der Waals surface area contributed by atoms with Crippen LogP contribution in [0.1, 0.15) is 15.9 Å². The van der Waals surface area contributed by atoms with Crippen molar-refractivity contribution in [1.29, 1.82) is 5.26 Å². The monoisotopic (exact) mass is 355 g/mol. The molecule has 22 heavy (non-hydrogen) atoms. The first-order valence-corrected chi connectivity index (χ1v) is 7.16. The van der Waals surface area contributed by atoms with Crippen molar-refractivity contribution in [2.45, 2.75) is 0 Å². The molecule has 0 aliphatic carbocycles.